The fourth-order valence-corrected chi connectivity index (χ4v) is 3.58. The van der Waals surface area contributed by atoms with E-state index in [0.29, 0.717) is 11.3 Å². The number of fused-ring (bicyclic) bond motifs is 1. The molecule has 0 fully saturated rings. The third kappa shape index (κ3) is 3.07. The first-order chi connectivity index (χ1) is 11.1. The average Bonchev–Trinajstić information content (AvgIpc) is 3.21. The van der Waals surface area contributed by atoms with E-state index in [1.807, 2.05) is 23.6 Å². The largest absolute Gasteiger partial charge is 0.469 e. The Labute approximate surface area is 138 Å². The topological polar surface area (TPSA) is 64.6 Å². The van der Waals surface area contributed by atoms with Crippen molar-refractivity contribution in [1.29, 1.82) is 0 Å². The SMILES string of the molecule is COC(=O)CC1CNc2ccc(-c3csc(C(=O)OC)c3)cc21. The summed E-state index contributed by atoms with van der Waals surface area (Å²) in [7, 11) is 2.78. The summed E-state index contributed by atoms with van der Waals surface area (Å²) in [5.41, 5.74) is 4.15. The van der Waals surface area contributed by atoms with E-state index in [1.165, 1.54) is 25.6 Å². The lowest BCUT2D eigenvalue weighted by atomic mass is 9.95. The van der Waals surface area contributed by atoms with Crippen LogP contribution in [-0.4, -0.2) is 32.7 Å². The number of rotatable bonds is 4. The van der Waals surface area contributed by atoms with Gasteiger partial charge in [0.05, 0.1) is 20.6 Å². The predicted molar refractivity (Wildman–Crippen MR) is 89.0 cm³/mol. The molecule has 0 bridgehead atoms. The molecule has 120 valence electrons. The molecule has 1 aromatic heterocycles. The van der Waals surface area contributed by atoms with Crippen molar-refractivity contribution < 1.29 is 19.1 Å². The van der Waals surface area contributed by atoms with Crippen molar-refractivity contribution in [2.75, 3.05) is 26.1 Å². The number of esters is 2. The van der Waals surface area contributed by atoms with Crippen molar-refractivity contribution >= 4 is 29.0 Å². The van der Waals surface area contributed by atoms with Crippen LogP contribution in [0.5, 0.6) is 0 Å². The van der Waals surface area contributed by atoms with E-state index in [1.54, 1.807) is 0 Å². The minimum atomic E-state index is -0.326. The monoisotopic (exact) mass is 331 g/mol. The number of ether oxygens (including phenoxy) is 2. The van der Waals surface area contributed by atoms with Crippen LogP contribution >= 0.6 is 11.3 Å². The molecule has 3 rings (SSSR count). The van der Waals surface area contributed by atoms with Crippen molar-refractivity contribution in [2.45, 2.75) is 12.3 Å². The van der Waals surface area contributed by atoms with Crippen LogP contribution in [0.4, 0.5) is 5.69 Å². The number of anilines is 1. The summed E-state index contributed by atoms with van der Waals surface area (Å²) in [5.74, 6) is -0.428. The molecule has 5 nitrogen and oxygen atoms in total. The van der Waals surface area contributed by atoms with Crippen LogP contribution in [0.2, 0.25) is 0 Å². The van der Waals surface area contributed by atoms with E-state index in [2.05, 4.69) is 11.4 Å². The molecule has 1 N–H and O–H groups in total. The Bertz CT molecular complexity index is 753. The van der Waals surface area contributed by atoms with Gasteiger partial charge in [-0.1, -0.05) is 6.07 Å². The number of carbonyl (C=O) groups excluding carboxylic acids is 2. The molecular formula is C17H17NO4S. The zero-order chi connectivity index (χ0) is 16.4. The van der Waals surface area contributed by atoms with E-state index in [4.69, 9.17) is 9.47 Å². The Balaban J connectivity index is 1.88. The third-order valence-corrected chi connectivity index (χ3v) is 4.90. The summed E-state index contributed by atoms with van der Waals surface area (Å²) in [6, 6.07) is 7.93. The maximum absolute atomic E-state index is 11.6. The van der Waals surface area contributed by atoms with Crippen molar-refractivity contribution in [1.82, 2.24) is 0 Å². The van der Waals surface area contributed by atoms with Crippen LogP contribution < -0.4 is 5.32 Å². The quantitative estimate of drug-likeness (QED) is 0.871. The number of hydrogen-bond acceptors (Lipinski definition) is 6. The van der Waals surface area contributed by atoms with Gasteiger partial charge in [0.2, 0.25) is 0 Å². The molecule has 0 spiro atoms. The normalized spacial score (nSPS) is 15.7. The lowest BCUT2D eigenvalue weighted by molar-refractivity contribution is -0.140. The average molecular weight is 331 g/mol. The molecule has 0 saturated heterocycles. The summed E-state index contributed by atoms with van der Waals surface area (Å²) in [6.45, 7) is 0.727. The van der Waals surface area contributed by atoms with E-state index in [-0.39, 0.29) is 17.9 Å². The molecule has 2 heterocycles. The first-order valence-electron chi connectivity index (χ1n) is 7.24. The molecule has 1 aromatic carbocycles. The smallest absolute Gasteiger partial charge is 0.348 e. The van der Waals surface area contributed by atoms with Gasteiger partial charge in [0.15, 0.2) is 0 Å². The third-order valence-electron chi connectivity index (χ3n) is 3.99. The molecule has 0 aliphatic carbocycles. The maximum Gasteiger partial charge on any atom is 0.348 e. The lowest BCUT2D eigenvalue weighted by Gasteiger charge is -2.09. The Kier molecular flexibility index (Phi) is 4.34. The van der Waals surface area contributed by atoms with Crippen LogP contribution in [0.3, 0.4) is 0 Å². The van der Waals surface area contributed by atoms with Crippen LogP contribution in [-0.2, 0) is 14.3 Å². The molecule has 1 aliphatic rings. The summed E-state index contributed by atoms with van der Waals surface area (Å²) >= 11 is 1.36. The van der Waals surface area contributed by atoms with Gasteiger partial charge in [-0.2, -0.15) is 0 Å². The highest BCUT2D eigenvalue weighted by atomic mass is 32.1. The molecule has 1 aliphatic heterocycles. The van der Waals surface area contributed by atoms with Crippen molar-refractivity contribution in [3.63, 3.8) is 0 Å². The van der Waals surface area contributed by atoms with Gasteiger partial charge in [-0.05, 0) is 40.3 Å². The Morgan fingerprint density at radius 3 is 2.78 bits per heavy atom. The molecule has 0 saturated carbocycles. The van der Waals surface area contributed by atoms with E-state index in [0.717, 1.165) is 28.9 Å². The fraction of sp³-hybridized carbons (Fsp3) is 0.294. The second kappa shape index (κ2) is 6.42. The van der Waals surface area contributed by atoms with Crippen molar-refractivity contribution in [2.24, 2.45) is 0 Å². The molecule has 6 heteroatoms. The predicted octanol–water partition coefficient (Wildman–Crippen LogP) is 3.27. The number of carbonyl (C=O) groups is 2. The van der Waals surface area contributed by atoms with Gasteiger partial charge in [-0.15, -0.1) is 11.3 Å². The Morgan fingerprint density at radius 1 is 1.22 bits per heavy atom. The van der Waals surface area contributed by atoms with Gasteiger partial charge in [-0.25, -0.2) is 4.79 Å². The van der Waals surface area contributed by atoms with Crippen LogP contribution in [0.15, 0.2) is 29.6 Å². The van der Waals surface area contributed by atoms with Gasteiger partial charge in [0.1, 0.15) is 4.88 Å². The summed E-state index contributed by atoms with van der Waals surface area (Å²) in [4.78, 5) is 23.7. The fourth-order valence-electron chi connectivity index (χ4n) is 2.75. The van der Waals surface area contributed by atoms with Crippen molar-refractivity contribution in [3.05, 3.63) is 40.1 Å². The molecule has 2 aromatic rings. The number of methoxy groups -OCH3 is 2. The van der Waals surface area contributed by atoms with Crippen LogP contribution in [0.1, 0.15) is 27.6 Å². The highest BCUT2D eigenvalue weighted by Gasteiger charge is 2.25. The van der Waals surface area contributed by atoms with Gasteiger partial charge in [0, 0.05) is 18.2 Å². The molecule has 1 atom stereocenters. The molecule has 1 unspecified atom stereocenters. The van der Waals surface area contributed by atoms with Gasteiger partial charge < -0.3 is 14.8 Å². The number of nitrogens with one attached hydrogen (secondary N) is 1. The molecular weight excluding hydrogens is 314 g/mol. The minimum Gasteiger partial charge on any atom is -0.469 e. The molecule has 23 heavy (non-hydrogen) atoms. The second-order valence-corrected chi connectivity index (χ2v) is 6.26. The highest BCUT2D eigenvalue weighted by molar-refractivity contribution is 7.12. The summed E-state index contributed by atoms with van der Waals surface area (Å²) < 4.78 is 9.51. The zero-order valence-corrected chi connectivity index (χ0v) is 13.7. The Morgan fingerprint density at radius 2 is 2.04 bits per heavy atom. The van der Waals surface area contributed by atoms with E-state index < -0.39 is 0 Å². The van der Waals surface area contributed by atoms with E-state index in [9.17, 15) is 9.59 Å². The molecule has 0 amide bonds. The first kappa shape index (κ1) is 15.6. The minimum absolute atomic E-state index is 0.108. The first-order valence-corrected chi connectivity index (χ1v) is 8.12. The van der Waals surface area contributed by atoms with Crippen LogP contribution in [0, 0.1) is 0 Å². The van der Waals surface area contributed by atoms with Crippen LogP contribution in [0.25, 0.3) is 11.1 Å². The summed E-state index contributed by atoms with van der Waals surface area (Å²) in [6.07, 6.45) is 0.358. The van der Waals surface area contributed by atoms with Gasteiger partial charge in [0.25, 0.3) is 0 Å². The number of thiophene rings is 1. The summed E-state index contributed by atoms with van der Waals surface area (Å²) in [5, 5.41) is 5.25. The van der Waals surface area contributed by atoms with Gasteiger partial charge >= 0.3 is 11.9 Å². The highest BCUT2D eigenvalue weighted by Crippen LogP contribution is 2.37. The zero-order valence-electron chi connectivity index (χ0n) is 12.9. The maximum atomic E-state index is 11.6. The lowest BCUT2D eigenvalue weighted by Crippen LogP contribution is -2.10. The number of benzene rings is 1. The van der Waals surface area contributed by atoms with Gasteiger partial charge in [-0.3, -0.25) is 4.79 Å². The van der Waals surface area contributed by atoms with E-state index >= 15 is 0 Å². The second-order valence-electron chi connectivity index (χ2n) is 5.35. The van der Waals surface area contributed by atoms with Crippen molar-refractivity contribution in [3.8, 4) is 11.1 Å². The standard InChI is InChI=1S/C17H17NO4S/c1-21-16(19)7-11-8-18-14-4-3-10(5-13(11)14)12-6-15(23-9-12)17(20)22-2/h3-6,9,11,18H,7-8H2,1-2H3. The Hall–Kier alpha value is -2.34. The number of hydrogen-bond donors (Lipinski definition) is 1. The molecule has 0 radical (unpaired) electrons.